The molecule has 0 saturated heterocycles. The molecule has 12 rings (SSSR count). The van der Waals surface area contributed by atoms with Crippen molar-refractivity contribution in [2.24, 2.45) is 0 Å². The Balaban J connectivity index is 1.25. The standard InChI is InChI=1S/C51H31N5/c1-4-16-32(17-5-1)48-40-25-12-14-26-43(40)53-51(54-48)56-45-27-15-13-23-36(45)39-29-28-38-42-31-46-44(30-41(42)35-22-10-11-24-37(35)47(38)49(39)56)52-50(33-18-6-2-7-19-33)55(46)34-20-8-3-9-21-34/h1-31H. The summed E-state index contributed by atoms with van der Waals surface area (Å²) < 4.78 is 4.60. The van der Waals surface area contributed by atoms with Crippen molar-refractivity contribution in [3.63, 3.8) is 0 Å². The molecule has 3 heterocycles. The predicted octanol–water partition coefficient (Wildman–Crippen LogP) is 12.9. The minimum Gasteiger partial charge on any atom is -0.292 e. The largest absolute Gasteiger partial charge is 0.292 e. The Bertz CT molecular complexity index is 3510. The lowest BCUT2D eigenvalue weighted by atomic mass is 9.92. The molecule has 0 amide bonds. The van der Waals surface area contributed by atoms with E-state index < -0.39 is 0 Å². The van der Waals surface area contributed by atoms with E-state index in [1.807, 2.05) is 6.07 Å². The van der Waals surface area contributed by atoms with Gasteiger partial charge < -0.3 is 0 Å². The third-order valence-corrected chi connectivity index (χ3v) is 11.3. The van der Waals surface area contributed by atoms with Crippen LogP contribution in [0.4, 0.5) is 0 Å². The summed E-state index contributed by atoms with van der Waals surface area (Å²) in [4.78, 5) is 16.1. The molecular weight excluding hydrogens is 683 g/mol. The van der Waals surface area contributed by atoms with Crippen LogP contribution in [0.2, 0.25) is 0 Å². The number of fused-ring (bicyclic) bond motifs is 12. The summed E-state index contributed by atoms with van der Waals surface area (Å²) in [6.07, 6.45) is 0. The first-order valence-electron chi connectivity index (χ1n) is 19.0. The summed E-state index contributed by atoms with van der Waals surface area (Å²) >= 11 is 0. The van der Waals surface area contributed by atoms with Crippen LogP contribution in [0.15, 0.2) is 188 Å². The van der Waals surface area contributed by atoms with Crippen molar-refractivity contribution >= 4 is 76.1 Å². The summed E-state index contributed by atoms with van der Waals surface area (Å²) in [6, 6.07) is 66.5. The Morgan fingerprint density at radius 2 is 0.929 bits per heavy atom. The second-order valence-electron chi connectivity index (χ2n) is 14.4. The van der Waals surface area contributed by atoms with Crippen molar-refractivity contribution in [3.8, 4) is 34.3 Å². The zero-order chi connectivity index (χ0) is 36.7. The predicted molar refractivity (Wildman–Crippen MR) is 232 cm³/mol. The van der Waals surface area contributed by atoms with E-state index in [0.29, 0.717) is 5.95 Å². The summed E-state index contributed by atoms with van der Waals surface area (Å²) in [5.41, 5.74) is 9.20. The minimum atomic E-state index is 0.649. The van der Waals surface area contributed by atoms with Gasteiger partial charge in [-0.15, -0.1) is 0 Å². The molecule has 12 aromatic rings. The molecule has 0 aliphatic rings. The van der Waals surface area contributed by atoms with Gasteiger partial charge in [-0.1, -0.05) is 152 Å². The lowest BCUT2D eigenvalue weighted by Gasteiger charge is -2.15. The zero-order valence-corrected chi connectivity index (χ0v) is 30.1. The Morgan fingerprint density at radius 3 is 1.71 bits per heavy atom. The van der Waals surface area contributed by atoms with Crippen molar-refractivity contribution in [3.05, 3.63) is 188 Å². The molecule has 0 aliphatic heterocycles. The Kier molecular flexibility index (Phi) is 6.56. The van der Waals surface area contributed by atoms with Gasteiger partial charge in [-0.2, -0.15) is 0 Å². The molecule has 0 N–H and O–H groups in total. The van der Waals surface area contributed by atoms with Gasteiger partial charge >= 0.3 is 0 Å². The summed E-state index contributed by atoms with van der Waals surface area (Å²) in [5, 5.41) is 10.4. The lowest BCUT2D eigenvalue weighted by molar-refractivity contribution is 1.02. The fourth-order valence-electron chi connectivity index (χ4n) is 8.87. The topological polar surface area (TPSA) is 48.5 Å². The Labute approximate surface area is 321 Å². The first-order valence-corrected chi connectivity index (χ1v) is 19.0. The summed E-state index contributed by atoms with van der Waals surface area (Å²) in [6.45, 7) is 0. The van der Waals surface area contributed by atoms with E-state index in [1.165, 1.54) is 32.3 Å². The molecule has 0 bridgehead atoms. The highest BCUT2D eigenvalue weighted by Crippen LogP contribution is 2.44. The molecule has 5 nitrogen and oxygen atoms in total. The van der Waals surface area contributed by atoms with Crippen LogP contribution in [0.1, 0.15) is 0 Å². The fourth-order valence-corrected chi connectivity index (χ4v) is 8.87. The van der Waals surface area contributed by atoms with Gasteiger partial charge in [0.05, 0.1) is 33.3 Å². The molecule has 0 fully saturated rings. The van der Waals surface area contributed by atoms with Crippen molar-refractivity contribution in [2.75, 3.05) is 0 Å². The number of aromatic nitrogens is 5. The molecule has 5 heteroatoms. The third kappa shape index (κ3) is 4.46. The Hall–Kier alpha value is -7.63. The van der Waals surface area contributed by atoms with E-state index in [2.05, 4.69) is 191 Å². The number of rotatable bonds is 4. The normalized spacial score (nSPS) is 11.9. The molecule has 0 atom stereocenters. The maximum absolute atomic E-state index is 5.42. The minimum absolute atomic E-state index is 0.649. The second kappa shape index (κ2) is 11.9. The number of hydrogen-bond acceptors (Lipinski definition) is 3. The quantitative estimate of drug-likeness (QED) is 0.171. The van der Waals surface area contributed by atoms with Crippen molar-refractivity contribution < 1.29 is 0 Å². The average Bonchev–Trinajstić information content (AvgIpc) is 3.82. The van der Waals surface area contributed by atoms with E-state index in [-0.39, 0.29) is 0 Å². The molecule has 56 heavy (non-hydrogen) atoms. The summed E-state index contributed by atoms with van der Waals surface area (Å²) in [5.74, 6) is 1.57. The van der Waals surface area contributed by atoms with Crippen LogP contribution < -0.4 is 0 Å². The Morgan fingerprint density at radius 1 is 0.339 bits per heavy atom. The number of benzene rings is 9. The molecular formula is C51H31N5. The van der Waals surface area contributed by atoms with E-state index in [4.69, 9.17) is 15.0 Å². The van der Waals surface area contributed by atoms with E-state index in [0.717, 1.165) is 72.1 Å². The van der Waals surface area contributed by atoms with Crippen molar-refractivity contribution in [1.29, 1.82) is 0 Å². The molecule has 0 unspecified atom stereocenters. The van der Waals surface area contributed by atoms with Gasteiger partial charge in [-0.25, -0.2) is 15.0 Å². The van der Waals surface area contributed by atoms with Crippen LogP contribution in [-0.2, 0) is 0 Å². The molecule has 3 aromatic heterocycles. The van der Waals surface area contributed by atoms with Gasteiger partial charge in [0, 0.05) is 38.4 Å². The van der Waals surface area contributed by atoms with Crippen LogP contribution >= 0.6 is 0 Å². The molecule has 0 spiro atoms. The molecule has 0 radical (unpaired) electrons. The van der Waals surface area contributed by atoms with Crippen LogP contribution in [0.3, 0.4) is 0 Å². The van der Waals surface area contributed by atoms with Crippen LogP contribution in [0, 0.1) is 0 Å². The molecule has 260 valence electrons. The number of hydrogen-bond donors (Lipinski definition) is 0. The van der Waals surface area contributed by atoms with E-state index in [1.54, 1.807) is 0 Å². The number of nitrogens with zero attached hydrogens (tertiary/aromatic N) is 5. The second-order valence-corrected chi connectivity index (χ2v) is 14.4. The van der Waals surface area contributed by atoms with Gasteiger partial charge in [0.2, 0.25) is 5.95 Å². The first-order chi connectivity index (χ1) is 27.8. The molecule has 9 aromatic carbocycles. The van der Waals surface area contributed by atoms with Gasteiger partial charge in [0.25, 0.3) is 0 Å². The maximum Gasteiger partial charge on any atom is 0.235 e. The van der Waals surface area contributed by atoms with Gasteiger partial charge in [0.1, 0.15) is 5.82 Å². The van der Waals surface area contributed by atoms with E-state index >= 15 is 0 Å². The van der Waals surface area contributed by atoms with Gasteiger partial charge in [-0.05, 0) is 63.3 Å². The van der Waals surface area contributed by atoms with E-state index in [9.17, 15) is 0 Å². The first kappa shape index (κ1) is 30.8. The van der Waals surface area contributed by atoms with Crippen LogP contribution in [-0.4, -0.2) is 24.1 Å². The zero-order valence-electron chi connectivity index (χ0n) is 30.1. The van der Waals surface area contributed by atoms with Crippen molar-refractivity contribution in [1.82, 2.24) is 24.1 Å². The number of para-hydroxylation sites is 3. The monoisotopic (exact) mass is 713 g/mol. The molecule has 0 aliphatic carbocycles. The number of imidazole rings is 1. The van der Waals surface area contributed by atoms with Gasteiger partial charge in [-0.3, -0.25) is 9.13 Å². The van der Waals surface area contributed by atoms with Crippen LogP contribution in [0.25, 0.3) is 110 Å². The highest BCUT2D eigenvalue weighted by molar-refractivity contribution is 6.34. The smallest absolute Gasteiger partial charge is 0.235 e. The van der Waals surface area contributed by atoms with Gasteiger partial charge in [0.15, 0.2) is 0 Å². The van der Waals surface area contributed by atoms with Crippen LogP contribution in [0.5, 0.6) is 0 Å². The SMILES string of the molecule is c1ccc(-c2nc(-n3c4ccccc4c4ccc5c6cc7c(cc6c6ccccc6c5c43)nc(-c3ccccc3)n7-c3ccccc3)nc3ccccc23)cc1. The fraction of sp³-hybridized carbons (Fsp3) is 0. The maximum atomic E-state index is 5.42. The average molecular weight is 714 g/mol. The summed E-state index contributed by atoms with van der Waals surface area (Å²) in [7, 11) is 0. The third-order valence-electron chi connectivity index (χ3n) is 11.3. The van der Waals surface area contributed by atoms with Crippen molar-refractivity contribution in [2.45, 2.75) is 0 Å². The lowest BCUT2D eigenvalue weighted by Crippen LogP contribution is -2.04. The highest BCUT2D eigenvalue weighted by Gasteiger charge is 2.23. The highest BCUT2D eigenvalue weighted by atomic mass is 15.2. The molecule has 0 saturated carbocycles.